The number of nitrogens with zero attached hydrogens (tertiary/aromatic N) is 7. The predicted octanol–water partition coefficient (Wildman–Crippen LogP) is 1.53. The van der Waals surface area contributed by atoms with Crippen molar-refractivity contribution < 1.29 is 19.1 Å². The average molecular weight is 293 g/mol. The molecule has 0 spiro atoms. The maximum atomic E-state index is 11.9. The van der Waals surface area contributed by atoms with Crippen LogP contribution in [-0.2, 0) is 19.1 Å². The normalized spacial score (nSPS) is 14.7. The molecule has 0 fully saturated rings. The Labute approximate surface area is 118 Å². The van der Waals surface area contributed by atoms with E-state index in [1.165, 1.54) is 0 Å². The number of rotatable bonds is 4. The van der Waals surface area contributed by atoms with Crippen LogP contribution in [0.4, 0.5) is 0 Å². The molecule has 1 aliphatic rings. The van der Waals surface area contributed by atoms with Crippen molar-refractivity contribution in [1.82, 2.24) is 4.90 Å². The second kappa shape index (κ2) is 5.95. The van der Waals surface area contributed by atoms with Crippen molar-refractivity contribution in [2.45, 2.75) is 26.4 Å². The lowest BCUT2D eigenvalue weighted by molar-refractivity contribution is -0.160. The van der Waals surface area contributed by atoms with Gasteiger partial charge in [-0.05, 0) is 31.8 Å². The topological polar surface area (TPSA) is 161 Å². The molecule has 0 unspecified atom stereocenters. The van der Waals surface area contributed by atoms with Crippen LogP contribution in [-0.4, -0.2) is 34.8 Å². The molecular formula is C10H11N7O4. The number of azide groups is 2. The summed E-state index contributed by atoms with van der Waals surface area (Å²) in [5.74, 6) is -2.87. The fourth-order valence-electron chi connectivity index (χ4n) is 1.47. The van der Waals surface area contributed by atoms with Gasteiger partial charge in [-0.15, -0.1) is 0 Å². The lowest BCUT2D eigenvalue weighted by Gasteiger charge is -2.21. The predicted molar refractivity (Wildman–Crippen MR) is 67.9 cm³/mol. The summed E-state index contributed by atoms with van der Waals surface area (Å²) in [6, 6.07) is 0. The van der Waals surface area contributed by atoms with E-state index in [0.717, 1.165) is 0 Å². The summed E-state index contributed by atoms with van der Waals surface area (Å²) in [5.41, 5.74) is 14.6. The van der Waals surface area contributed by atoms with Gasteiger partial charge in [0.2, 0.25) is 0 Å². The Kier molecular flexibility index (Phi) is 4.54. The number of carbonyl (C=O) groups excluding carboxylic acids is 3. The molecule has 1 aliphatic heterocycles. The van der Waals surface area contributed by atoms with Gasteiger partial charge in [0.15, 0.2) is 0 Å². The molecule has 0 radical (unpaired) electrons. The van der Waals surface area contributed by atoms with Crippen molar-refractivity contribution in [2.24, 2.45) is 10.2 Å². The van der Waals surface area contributed by atoms with E-state index in [0.29, 0.717) is 4.90 Å². The zero-order valence-corrected chi connectivity index (χ0v) is 11.5. The minimum absolute atomic E-state index is 0.488. The zero-order valence-electron chi connectivity index (χ0n) is 11.5. The van der Waals surface area contributed by atoms with E-state index in [-0.39, 0.29) is 0 Å². The van der Waals surface area contributed by atoms with Gasteiger partial charge in [0.1, 0.15) is 23.5 Å². The molecule has 0 N–H and O–H groups in total. The molecule has 0 aromatic heterocycles. The number of hydrogen-bond acceptors (Lipinski definition) is 6. The number of hydrogen-bond donors (Lipinski definition) is 0. The highest BCUT2D eigenvalue weighted by molar-refractivity contribution is 6.19. The van der Waals surface area contributed by atoms with Gasteiger partial charge in [0.25, 0.3) is 11.8 Å². The third-order valence-corrected chi connectivity index (χ3v) is 2.12. The number of ether oxygens (including phenoxy) is 1. The lowest BCUT2D eigenvalue weighted by atomic mass is 10.2. The van der Waals surface area contributed by atoms with Gasteiger partial charge in [-0.1, -0.05) is 10.2 Å². The number of carbonyl (C=O) groups is 3. The second-order valence-electron chi connectivity index (χ2n) is 4.86. The molecule has 0 aromatic carbocycles. The number of imide groups is 1. The fraction of sp³-hybridized carbons (Fsp3) is 0.500. The number of esters is 1. The van der Waals surface area contributed by atoms with Gasteiger partial charge in [0.05, 0.1) is 0 Å². The molecule has 0 atom stereocenters. The summed E-state index contributed by atoms with van der Waals surface area (Å²) in [6.45, 7) is 4.18. The van der Waals surface area contributed by atoms with Crippen LogP contribution >= 0.6 is 0 Å². The first-order chi connectivity index (χ1) is 9.71. The van der Waals surface area contributed by atoms with Crippen molar-refractivity contribution in [2.75, 3.05) is 6.54 Å². The monoisotopic (exact) mass is 293 g/mol. The summed E-state index contributed by atoms with van der Waals surface area (Å²) < 4.78 is 4.98. The maximum absolute atomic E-state index is 11.9. The van der Waals surface area contributed by atoms with Gasteiger partial charge < -0.3 is 4.74 Å². The van der Waals surface area contributed by atoms with Crippen molar-refractivity contribution in [1.29, 1.82) is 0 Å². The third kappa shape index (κ3) is 3.72. The van der Waals surface area contributed by atoms with Gasteiger partial charge in [-0.3, -0.25) is 19.3 Å². The minimum atomic E-state index is -1.02. The Hall–Kier alpha value is -3.03. The Balaban J connectivity index is 3.02. The summed E-state index contributed by atoms with van der Waals surface area (Å²) in [6.07, 6.45) is 0. The Bertz CT molecular complexity index is 592. The van der Waals surface area contributed by atoms with E-state index >= 15 is 0 Å². The molecule has 0 bridgehead atoms. The first-order valence-electron chi connectivity index (χ1n) is 5.63. The van der Waals surface area contributed by atoms with Crippen molar-refractivity contribution >= 4 is 17.8 Å². The molecule has 0 saturated heterocycles. The molecule has 1 heterocycles. The average Bonchev–Trinajstić information content (AvgIpc) is 2.55. The Morgan fingerprint density at radius 3 is 1.90 bits per heavy atom. The van der Waals surface area contributed by atoms with Crippen LogP contribution in [0, 0.1) is 0 Å². The molecule has 0 saturated carbocycles. The standard InChI is InChI=1S/C10H11N7O4/c1-10(2,3)21-5(18)4-17-8(19)6(13-15-11)7(9(17)20)14-16-12/h4H2,1-3H3. The molecule has 2 amide bonds. The molecule has 21 heavy (non-hydrogen) atoms. The summed E-state index contributed by atoms with van der Waals surface area (Å²) >= 11 is 0. The first kappa shape index (κ1) is 16.0. The molecule has 0 aliphatic carbocycles. The lowest BCUT2D eigenvalue weighted by Crippen LogP contribution is -2.39. The molecule has 11 nitrogen and oxygen atoms in total. The largest absolute Gasteiger partial charge is 0.459 e. The molecule has 0 aromatic rings. The van der Waals surface area contributed by atoms with Crippen LogP contribution in [0.2, 0.25) is 0 Å². The summed E-state index contributed by atoms with van der Waals surface area (Å²) in [7, 11) is 0. The van der Waals surface area contributed by atoms with Gasteiger partial charge >= 0.3 is 5.97 Å². The molecule has 1 rings (SSSR count). The maximum Gasteiger partial charge on any atom is 0.326 e. The van der Waals surface area contributed by atoms with Gasteiger partial charge in [-0.25, -0.2) is 0 Å². The van der Waals surface area contributed by atoms with E-state index in [1.54, 1.807) is 20.8 Å². The summed E-state index contributed by atoms with van der Waals surface area (Å²) in [4.78, 5) is 40.6. The van der Waals surface area contributed by atoms with Gasteiger partial charge in [0, 0.05) is 9.82 Å². The second-order valence-corrected chi connectivity index (χ2v) is 4.86. The van der Waals surface area contributed by atoms with E-state index < -0.39 is 41.3 Å². The van der Waals surface area contributed by atoms with Crippen LogP contribution in [0.1, 0.15) is 20.8 Å². The van der Waals surface area contributed by atoms with E-state index in [4.69, 9.17) is 15.8 Å². The molecule has 110 valence electrons. The summed E-state index contributed by atoms with van der Waals surface area (Å²) in [5, 5.41) is 6.04. The zero-order chi connectivity index (χ0) is 16.2. The van der Waals surface area contributed by atoms with Gasteiger partial charge in [-0.2, -0.15) is 0 Å². The SMILES string of the molecule is CC(C)(C)OC(=O)CN1C(=O)C(N=[N+]=[N-])=C(N=[N+]=[N-])C1=O. The van der Waals surface area contributed by atoms with Crippen LogP contribution < -0.4 is 0 Å². The van der Waals surface area contributed by atoms with Crippen LogP contribution in [0.3, 0.4) is 0 Å². The molecule has 11 heteroatoms. The highest BCUT2D eigenvalue weighted by Crippen LogP contribution is 2.23. The van der Waals surface area contributed by atoms with E-state index in [1.807, 2.05) is 0 Å². The smallest absolute Gasteiger partial charge is 0.326 e. The van der Waals surface area contributed by atoms with E-state index in [2.05, 4.69) is 20.1 Å². The highest BCUT2D eigenvalue weighted by Gasteiger charge is 2.39. The minimum Gasteiger partial charge on any atom is -0.459 e. The quantitative estimate of drug-likeness (QED) is 0.252. The van der Waals surface area contributed by atoms with Crippen LogP contribution in [0.25, 0.3) is 20.9 Å². The highest BCUT2D eigenvalue weighted by atomic mass is 16.6. The van der Waals surface area contributed by atoms with Crippen LogP contribution in [0.5, 0.6) is 0 Å². The molecular weight excluding hydrogens is 282 g/mol. The van der Waals surface area contributed by atoms with Crippen molar-refractivity contribution in [3.8, 4) is 0 Å². The first-order valence-corrected chi connectivity index (χ1v) is 5.63. The third-order valence-electron chi connectivity index (χ3n) is 2.12. The van der Waals surface area contributed by atoms with Crippen molar-refractivity contribution in [3.05, 3.63) is 32.3 Å². The Morgan fingerprint density at radius 1 is 1.14 bits per heavy atom. The van der Waals surface area contributed by atoms with Crippen LogP contribution in [0.15, 0.2) is 21.6 Å². The number of amides is 2. The Morgan fingerprint density at radius 2 is 1.57 bits per heavy atom. The van der Waals surface area contributed by atoms with Crippen molar-refractivity contribution in [3.63, 3.8) is 0 Å². The fourth-order valence-corrected chi connectivity index (χ4v) is 1.47. The van der Waals surface area contributed by atoms with E-state index in [9.17, 15) is 14.4 Å².